The van der Waals surface area contributed by atoms with Crippen molar-refractivity contribution in [3.8, 4) is 11.3 Å². The summed E-state index contributed by atoms with van der Waals surface area (Å²) in [5, 5.41) is 5.78. The third-order valence-electron chi connectivity index (χ3n) is 5.11. The second-order valence-electron chi connectivity index (χ2n) is 7.17. The van der Waals surface area contributed by atoms with Crippen molar-refractivity contribution >= 4 is 46.2 Å². The van der Waals surface area contributed by atoms with E-state index >= 15 is 0 Å². The zero-order valence-electron chi connectivity index (χ0n) is 17.2. The molecular weight excluding hydrogens is 478 g/mol. The summed E-state index contributed by atoms with van der Waals surface area (Å²) in [6.07, 6.45) is -4.44. The zero-order valence-corrected chi connectivity index (χ0v) is 19.6. The van der Waals surface area contributed by atoms with Crippen molar-refractivity contribution in [3.05, 3.63) is 87.5 Å². The van der Waals surface area contributed by atoms with Crippen LogP contribution in [-0.4, -0.2) is 9.55 Å². The van der Waals surface area contributed by atoms with Gasteiger partial charge in [0.2, 0.25) is 0 Å². The number of halogens is 5. The van der Waals surface area contributed by atoms with Gasteiger partial charge < -0.3 is 9.88 Å². The van der Waals surface area contributed by atoms with Crippen molar-refractivity contribution in [2.45, 2.75) is 26.6 Å². The minimum absolute atomic E-state index is 0. The molecule has 0 bridgehead atoms. The lowest BCUT2D eigenvalue weighted by Crippen LogP contribution is -2.08. The Bertz CT molecular complexity index is 1230. The molecule has 32 heavy (non-hydrogen) atoms. The molecule has 2 aromatic heterocycles. The molecule has 0 atom stereocenters. The fourth-order valence-corrected chi connectivity index (χ4v) is 4.43. The summed E-state index contributed by atoms with van der Waals surface area (Å²) in [6.45, 7) is 4.65. The highest BCUT2D eigenvalue weighted by molar-refractivity contribution is 7.14. The maximum absolute atomic E-state index is 13.3. The number of aryl methyl sites for hydroxylation is 1. The number of nitrogens with zero attached hydrogens (tertiary/aromatic N) is 2. The Morgan fingerprint density at radius 1 is 1.06 bits per heavy atom. The van der Waals surface area contributed by atoms with Gasteiger partial charge in [0.1, 0.15) is 0 Å². The molecule has 0 aliphatic heterocycles. The first-order chi connectivity index (χ1) is 14.7. The lowest BCUT2D eigenvalue weighted by Gasteiger charge is -2.12. The number of benzene rings is 2. The van der Waals surface area contributed by atoms with E-state index < -0.39 is 11.7 Å². The highest BCUT2D eigenvalue weighted by Crippen LogP contribution is 2.37. The molecule has 0 unspecified atom stereocenters. The molecule has 0 spiro atoms. The number of nitrogens with one attached hydrogen (secondary N) is 1. The fourth-order valence-electron chi connectivity index (χ4n) is 3.51. The number of rotatable bonds is 5. The van der Waals surface area contributed by atoms with Gasteiger partial charge in [0.25, 0.3) is 0 Å². The fraction of sp³-hybridized carbons (Fsp3) is 0.174. The van der Waals surface area contributed by atoms with Gasteiger partial charge in [-0.05, 0) is 43.7 Å². The van der Waals surface area contributed by atoms with Crippen molar-refractivity contribution in [2.75, 3.05) is 5.32 Å². The molecule has 0 amide bonds. The highest BCUT2D eigenvalue weighted by atomic mass is 35.5. The van der Waals surface area contributed by atoms with E-state index in [1.165, 1.54) is 23.5 Å². The Labute approximate surface area is 199 Å². The first kappa shape index (κ1) is 24.2. The number of para-hydroxylation sites is 1. The topological polar surface area (TPSA) is 29.9 Å². The summed E-state index contributed by atoms with van der Waals surface area (Å²) in [5.41, 5.74) is 4.02. The third kappa shape index (κ3) is 4.95. The van der Waals surface area contributed by atoms with E-state index in [2.05, 4.69) is 14.9 Å². The van der Waals surface area contributed by atoms with Gasteiger partial charge in [0.05, 0.1) is 16.9 Å². The van der Waals surface area contributed by atoms with Crippen LogP contribution in [-0.2, 0) is 12.7 Å². The van der Waals surface area contributed by atoms with E-state index in [0.29, 0.717) is 16.7 Å². The summed E-state index contributed by atoms with van der Waals surface area (Å²) in [5.74, 6) is 0. The number of hydrogen-bond donors (Lipinski definition) is 1. The molecular formula is C23H20Cl2F3N3S. The average molecular weight is 498 g/mol. The summed E-state index contributed by atoms with van der Waals surface area (Å²) < 4.78 is 41.9. The quantitative estimate of drug-likeness (QED) is 0.301. The third-order valence-corrected chi connectivity index (χ3v) is 6.24. The summed E-state index contributed by atoms with van der Waals surface area (Å²) in [4.78, 5) is 4.54. The number of alkyl halides is 3. The van der Waals surface area contributed by atoms with Crippen LogP contribution in [0.15, 0.2) is 60.0 Å². The van der Waals surface area contributed by atoms with Gasteiger partial charge in [-0.2, -0.15) is 13.2 Å². The van der Waals surface area contributed by atoms with Crippen LogP contribution >= 0.6 is 35.3 Å². The largest absolute Gasteiger partial charge is 0.418 e. The van der Waals surface area contributed by atoms with E-state index in [1.807, 2.05) is 49.6 Å². The predicted octanol–water partition coefficient (Wildman–Crippen LogP) is 8.11. The molecule has 4 aromatic rings. The van der Waals surface area contributed by atoms with Crippen molar-refractivity contribution in [2.24, 2.45) is 0 Å². The monoisotopic (exact) mass is 497 g/mol. The Balaban J connectivity index is 0.00000289. The lowest BCUT2D eigenvalue weighted by atomic mass is 10.1. The Morgan fingerprint density at radius 3 is 2.47 bits per heavy atom. The number of hydrogen-bond acceptors (Lipinski definition) is 3. The second kappa shape index (κ2) is 9.57. The molecule has 0 saturated carbocycles. The minimum atomic E-state index is -4.44. The standard InChI is InChI=1S/C23H19ClF3N3S.ClH/c1-14-11-17(15(2)30(14)12-16-7-3-5-9-19(16)24)21-13-31-22(29-21)28-20-10-6-4-8-18(20)23(25,26)27;/h3-11,13H,12H2,1-2H3,(H,28,29);1H. The molecule has 0 aliphatic carbocycles. The first-order valence-corrected chi connectivity index (χ1v) is 10.8. The Morgan fingerprint density at radius 2 is 1.75 bits per heavy atom. The SMILES string of the molecule is Cc1cc(-c2csc(Nc3ccccc3C(F)(F)F)n2)c(C)n1Cc1ccccc1Cl.Cl. The normalized spacial score (nSPS) is 11.3. The molecule has 0 radical (unpaired) electrons. The molecule has 9 heteroatoms. The number of aromatic nitrogens is 2. The predicted molar refractivity (Wildman–Crippen MR) is 128 cm³/mol. The van der Waals surface area contributed by atoms with E-state index in [9.17, 15) is 13.2 Å². The molecule has 4 rings (SSSR count). The van der Waals surface area contributed by atoms with Gasteiger partial charge in [-0.25, -0.2) is 4.98 Å². The smallest absolute Gasteiger partial charge is 0.344 e. The zero-order chi connectivity index (χ0) is 22.2. The highest BCUT2D eigenvalue weighted by Gasteiger charge is 2.33. The second-order valence-corrected chi connectivity index (χ2v) is 8.43. The van der Waals surface area contributed by atoms with Crippen LogP contribution in [0.5, 0.6) is 0 Å². The molecule has 168 valence electrons. The van der Waals surface area contributed by atoms with Gasteiger partial charge in [0, 0.05) is 33.9 Å². The van der Waals surface area contributed by atoms with Crippen molar-refractivity contribution in [1.82, 2.24) is 9.55 Å². The van der Waals surface area contributed by atoms with Crippen molar-refractivity contribution in [1.29, 1.82) is 0 Å². The summed E-state index contributed by atoms with van der Waals surface area (Å²) >= 11 is 7.58. The van der Waals surface area contributed by atoms with Gasteiger partial charge in [-0.1, -0.05) is 41.9 Å². The minimum Gasteiger partial charge on any atom is -0.344 e. The van der Waals surface area contributed by atoms with E-state index in [0.717, 1.165) is 34.3 Å². The molecule has 3 nitrogen and oxygen atoms in total. The van der Waals surface area contributed by atoms with Crippen molar-refractivity contribution < 1.29 is 13.2 Å². The van der Waals surface area contributed by atoms with Gasteiger partial charge in [-0.3, -0.25) is 0 Å². The summed E-state index contributed by atoms with van der Waals surface area (Å²) in [6, 6.07) is 15.1. The average Bonchev–Trinajstić information content (AvgIpc) is 3.28. The maximum Gasteiger partial charge on any atom is 0.418 e. The van der Waals surface area contributed by atoms with Crippen LogP contribution in [0, 0.1) is 13.8 Å². The molecule has 2 aromatic carbocycles. The Kier molecular flexibility index (Phi) is 7.22. The van der Waals surface area contributed by atoms with Gasteiger partial charge in [-0.15, -0.1) is 23.7 Å². The Hall–Kier alpha value is -2.48. The van der Waals surface area contributed by atoms with E-state index in [1.54, 1.807) is 6.07 Å². The number of thiazole rings is 1. The van der Waals surface area contributed by atoms with Gasteiger partial charge in [0.15, 0.2) is 5.13 Å². The number of anilines is 2. The molecule has 0 aliphatic rings. The first-order valence-electron chi connectivity index (χ1n) is 9.53. The summed E-state index contributed by atoms with van der Waals surface area (Å²) in [7, 11) is 0. The van der Waals surface area contributed by atoms with Crippen LogP contribution in [0.1, 0.15) is 22.5 Å². The molecule has 1 N–H and O–H groups in total. The maximum atomic E-state index is 13.3. The molecule has 0 saturated heterocycles. The van der Waals surface area contributed by atoms with Crippen LogP contribution < -0.4 is 5.32 Å². The van der Waals surface area contributed by atoms with Crippen LogP contribution in [0.2, 0.25) is 5.02 Å². The molecule has 2 heterocycles. The van der Waals surface area contributed by atoms with Crippen LogP contribution in [0.25, 0.3) is 11.3 Å². The van der Waals surface area contributed by atoms with E-state index in [4.69, 9.17) is 11.6 Å². The van der Waals surface area contributed by atoms with Gasteiger partial charge >= 0.3 is 6.18 Å². The molecule has 0 fully saturated rings. The van der Waals surface area contributed by atoms with E-state index in [-0.39, 0.29) is 18.1 Å². The van der Waals surface area contributed by atoms with Crippen LogP contribution in [0.3, 0.4) is 0 Å². The van der Waals surface area contributed by atoms with Crippen LogP contribution in [0.4, 0.5) is 24.0 Å². The lowest BCUT2D eigenvalue weighted by molar-refractivity contribution is -0.136. The van der Waals surface area contributed by atoms with Crippen molar-refractivity contribution in [3.63, 3.8) is 0 Å².